The van der Waals surface area contributed by atoms with Crippen molar-refractivity contribution in [2.45, 2.75) is 70.5 Å². The highest BCUT2D eigenvalue weighted by Crippen LogP contribution is 2.41. The molecule has 0 aliphatic carbocycles. The number of nitrogens with zero attached hydrogens (tertiary/aromatic N) is 1. The van der Waals surface area contributed by atoms with Crippen LogP contribution in [0.4, 0.5) is 22.4 Å². The van der Waals surface area contributed by atoms with Gasteiger partial charge in [-0.05, 0) is 58.6 Å². The zero-order valence-corrected chi connectivity index (χ0v) is 16.4. The van der Waals surface area contributed by atoms with Crippen LogP contribution in [-0.4, -0.2) is 40.8 Å². The summed E-state index contributed by atoms with van der Waals surface area (Å²) in [4.78, 5) is 27.0. The average molecular weight is 417 g/mol. The lowest BCUT2D eigenvalue weighted by molar-refractivity contribution is -0.274. The van der Waals surface area contributed by atoms with Crippen LogP contribution in [-0.2, 0) is 4.74 Å². The van der Waals surface area contributed by atoms with Gasteiger partial charge in [-0.25, -0.2) is 9.18 Å². The molecule has 9 heteroatoms. The molecule has 2 fully saturated rings. The first kappa shape index (κ1) is 21.4. The van der Waals surface area contributed by atoms with Gasteiger partial charge < -0.3 is 14.4 Å². The molecule has 0 N–H and O–H groups in total. The highest BCUT2D eigenvalue weighted by atomic mass is 19.4. The highest BCUT2D eigenvalue weighted by Gasteiger charge is 2.46. The summed E-state index contributed by atoms with van der Waals surface area (Å²) < 4.78 is 60.2. The molecular formula is C20H23F4NO4. The summed E-state index contributed by atoms with van der Waals surface area (Å²) in [7, 11) is 0. The maximum atomic E-state index is 14.3. The minimum atomic E-state index is -4.94. The van der Waals surface area contributed by atoms with Gasteiger partial charge in [-0.3, -0.25) is 4.79 Å². The molecule has 2 atom stereocenters. The predicted octanol–water partition coefficient (Wildman–Crippen LogP) is 5.09. The number of ether oxygens (including phenoxy) is 2. The fraction of sp³-hybridized carbons (Fsp3) is 0.600. The van der Waals surface area contributed by atoms with Crippen molar-refractivity contribution in [1.82, 2.24) is 4.90 Å². The second kappa shape index (κ2) is 7.50. The fourth-order valence-electron chi connectivity index (χ4n) is 4.12. The summed E-state index contributed by atoms with van der Waals surface area (Å²) >= 11 is 0. The van der Waals surface area contributed by atoms with Crippen LogP contribution in [0.15, 0.2) is 18.2 Å². The van der Waals surface area contributed by atoms with Gasteiger partial charge >= 0.3 is 12.5 Å². The summed E-state index contributed by atoms with van der Waals surface area (Å²) in [5, 5.41) is 0. The van der Waals surface area contributed by atoms with E-state index < -0.39 is 41.3 Å². The Morgan fingerprint density at radius 3 is 2.14 bits per heavy atom. The van der Waals surface area contributed by atoms with Crippen LogP contribution in [0, 0.1) is 11.7 Å². The Bertz CT molecular complexity index is 789. The Balaban J connectivity index is 1.71. The van der Waals surface area contributed by atoms with Crippen molar-refractivity contribution in [2.24, 2.45) is 5.92 Å². The smallest absolute Gasteiger partial charge is 0.444 e. The van der Waals surface area contributed by atoms with Gasteiger partial charge in [-0.15, -0.1) is 13.2 Å². The predicted molar refractivity (Wildman–Crippen MR) is 95.0 cm³/mol. The van der Waals surface area contributed by atoms with E-state index in [-0.39, 0.29) is 17.6 Å². The Labute approximate surface area is 166 Å². The van der Waals surface area contributed by atoms with Crippen LogP contribution < -0.4 is 4.74 Å². The van der Waals surface area contributed by atoms with E-state index in [4.69, 9.17) is 4.74 Å². The zero-order valence-electron chi connectivity index (χ0n) is 16.4. The Kier molecular flexibility index (Phi) is 5.53. The molecule has 160 valence electrons. The first-order chi connectivity index (χ1) is 13.3. The van der Waals surface area contributed by atoms with Gasteiger partial charge in [0.05, 0.1) is 5.56 Å². The summed E-state index contributed by atoms with van der Waals surface area (Å²) in [5.74, 6) is -2.75. The molecule has 2 aliphatic heterocycles. The minimum absolute atomic E-state index is 0.173. The number of ketones is 1. The van der Waals surface area contributed by atoms with Crippen molar-refractivity contribution in [2.75, 3.05) is 0 Å². The van der Waals surface area contributed by atoms with Crippen molar-refractivity contribution in [3.8, 4) is 5.75 Å². The lowest BCUT2D eigenvalue weighted by Crippen LogP contribution is -2.49. The Morgan fingerprint density at radius 1 is 1.07 bits per heavy atom. The number of halogens is 4. The first-order valence-electron chi connectivity index (χ1n) is 9.45. The number of carbonyl (C=O) groups excluding carboxylic acids is 2. The zero-order chi connectivity index (χ0) is 21.6. The van der Waals surface area contributed by atoms with E-state index in [9.17, 15) is 27.2 Å². The van der Waals surface area contributed by atoms with Crippen LogP contribution in [0.25, 0.3) is 0 Å². The van der Waals surface area contributed by atoms with Gasteiger partial charge in [0.25, 0.3) is 0 Å². The minimum Gasteiger partial charge on any atom is -0.444 e. The number of amides is 1. The van der Waals surface area contributed by atoms with Crippen LogP contribution in [0.5, 0.6) is 5.75 Å². The van der Waals surface area contributed by atoms with Crippen LogP contribution in [0.2, 0.25) is 0 Å². The molecule has 2 unspecified atom stereocenters. The third-order valence-electron chi connectivity index (χ3n) is 5.15. The van der Waals surface area contributed by atoms with Crippen molar-refractivity contribution < 1.29 is 36.6 Å². The number of carbonyl (C=O) groups is 2. The SMILES string of the molecule is CC(C)(C)OC(=O)N1C2CCC1CC(C(=O)c1ccc(OC(F)(F)F)cc1F)C2. The van der Waals surface area contributed by atoms with E-state index in [2.05, 4.69) is 4.74 Å². The number of Topliss-reactive ketones (excluding diaryl/α,β-unsaturated/α-hetero) is 1. The molecule has 0 radical (unpaired) electrons. The molecule has 0 aromatic heterocycles. The number of benzene rings is 1. The first-order valence-corrected chi connectivity index (χ1v) is 9.45. The largest absolute Gasteiger partial charge is 0.573 e. The molecule has 0 spiro atoms. The van der Waals surface area contributed by atoms with Crippen LogP contribution in [0.3, 0.4) is 0 Å². The molecule has 1 aromatic rings. The molecule has 29 heavy (non-hydrogen) atoms. The lowest BCUT2D eigenvalue weighted by atomic mass is 9.84. The maximum Gasteiger partial charge on any atom is 0.573 e. The summed E-state index contributed by atoms with van der Waals surface area (Å²) in [5.41, 5.74) is -0.901. The molecular weight excluding hydrogens is 394 g/mol. The van der Waals surface area contributed by atoms with E-state index in [1.54, 1.807) is 25.7 Å². The van der Waals surface area contributed by atoms with Crippen molar-refractivity contribution in [1.29, 1.82) is 0 Å². The van der Waals surface area contributed by atoms with Crippen molar-refractivity contribution in [3.05, 3.63) is 29.6 Å². The van der Waals surface area contributed by atoms with Gasteiger partial charge in [-0.1, -0.05) is 0 Å². The average Bonchev–Trinajstić information content (AvgIpc) is 2.82. The molecule has 2 heterocycles. The maximum absolute atomic E-state index is 14.3. The topological polar surface area (TPSA) is 55.8 Å². The number of hydrogen-bond acceptors (Lipinski definition) is 4. The molecule has 2 aliphatic rings. The standard InChI is InChI=1S/C20H23F4NO4/c1-19(2,3)29-18(27)25-12-4-5-13(25)9-11(8-12)17(26)15-7-6-14(10-16(15)21)28-20(22,23)24/h6-7,10-13H,4-5,8-9H2,1-3H3. The second-order valence-electron chi connectivity index (χ2n) is 8.49. The Hall–Kier alpha value is -2.32. The number of fused-ring (bicyclic) bond motifs is 2. The molecule has 1 amide bonds. The number of alkyl halides is 3. The van der Waals surface area contributed by atoms with Gasteiger partial charge in [0.2, 0.25) is 0 Å². The highest BCUT2D eigenvalue weighted by molar-refractivity contribution is 5.98. The molecule has 3 rings (SSSR count). The third-order valence-corrected chi connectivity index (χ3v) is 5.15. The number of piperidine rings is 1. The van der Waals surface area contributed by atoms with Crippen molar-refractivity contribution in [3.63, 3.8) is 0 Å². The van der Waals surface area contributed by atoms with E-state index in [0.29, 0.717) is 18.9 Å². The normalized spacial score (nSPS) is 24.4. The Morgan fingerprint density at radius 2 is 1.66 bits per heavy atom. The van der Waals surface area contributed by atoms with E-state index in [1.807, 2.05) is 0 Å². The van der Waals surface area contributed by atoms with Crippen LogP contribution in [0.1, 0.15) is 56.8 Å². The van der Waals surface area contributed by atoms with Crippen molar-refractivity contribution >= 4 is 11.9 Å². The molecule has 2 saturated heterocycles. The van der Waals surface area contributed by atoms with Gasteiger partial charge in [-0.2, -0.15) is 0 Å². The lowest BCUT2D eigenvalue weighted by Gasteiger charge is -2.39. The molecule has 1 aromatic carbocycles. The number of rotatable bonds is 3. The third kappa shape index (κ3) is 5.00. The molecule has 0 saturated carbocycles. The number of hydrogen-bond donors (Lipinski definition) is 0. The molecule has 2 bridgehead atoms. The van der Waals surface area contributed by atoms with Gasteiger partial charge in [0.1, 0.15) is 17.2 Å². The van der Waals surface area contributed by atoms with E-state index in [1.165, 1.54) is 0 Å². The second-order valence-corrected chi connectivity index (χ2v) is 8.49. The van der Waals surface area contributed by atoms with Gasteiger partial charge in [0.15, 0.2) is 5.78 Å². The summed E-state index contributed by atoms with van der Waals surface area (Å²) in [6, 6.07) is 2.15. The van der Waals surface area contributed by atoms with E-state index >= 15 is 0 Å². The van der Waals surface area contributed by atoms with Crippen LogP contribution >= 0.6 is 0 Å². The monoisotopic (exact) mass is 417 g/mol. The van der Waals surface area contributed by atoms with E-state index in [0.717, 1.165) is 25.0 Å². The van der Waals surface area contributed by atoms with Gasteiger partial charge in [0, 0.05) is 24.1 Å². The fourth-order valence-corrected chi connectivity index (χ4v) is 4.12. The quantitative estimate of drug-likeness (QED) is 0.508. The summed E-state index contributed by atoms with van der Waals surface area (Å²) in [6.45, 7) is 5.33. The summed E-state index contributed by atoms with van der Waals surface area (Å²) in [6.07, 6.45) is -3.16. The molecule has 5 nitrogen and oxygen atoms in total.